The first-order valence-electron chi connectivity index (χ1n) is 5.69. The third-order valence-corrected chi connectivity index (χ3v) is 2.72. The first-order valence-corrected chi connectivity index (χ1v) is 5.69. The molecule has 0 radical (unpaired) electrons. The molecule has 0 saturated carbocycles. The second-order valence-corrected chi connectivity index (χ2v) is 3.63. The van der Waals surface area contributed by atoms with Gasteiger partial charge in [-0.1, -0.05) is 6.92 Å². The first-order chi connectivity index (χ1) is 7.22. The molecule has 1 aromatic rings. The Morgan fingerprint density at radius 2 is 1.93 bits per heavy atom. The maximum absolute atomic E-state index is 5.91. The highest BCUT2D eigenvalue weighted by atomic mass is 15.1. The van der Waals surface area contributed by atoms with Gasteiger partial charge in [-0.3, -0.25) is 4.98 Å². The van der Waals surface area contributed by atoms with E-state index in [0.717, 1.165) is 25.2 Å². The number of hydrogen-bond acceptors (Lipinski definition) is 3. The van der Waals surface area contributed by atoms with E-state index in [4.69, 9.17) is 5.73 Å². The lowest BCUT2D eigenvalue weighted by Crippen LogP contribution is -2.22. The Labute approximate surface area is 92.3 Å². The fourth-order valence-electron chi connectivity index (χ4n) is 1.60. The molecule has 1 rings (SSSR count). The summed E-state index contributed by atoms with van der Waals surface area (Å²) in [5.41, 5.74) is 8.06. The van der Waals surface area contributed by atoms with Gasteiger partial charge in [-0.25, -0.2) is 0 Å². The summed E-state index contributed by atoms with van der Waals surface area (Å²) in [7, 11) is 0. The van der Waals surface area contributed by atoms with E-state index in [2.05, 4.69) is 36.7 Å². The zero-order chi connectivity index (χ0) is 11.3. The van der Waals surface area contributed by atoms with Crippen LogP contribution in [0.4, 0.5) is 5.69 Å². The maximum atomic E-state index is 5.91. The molecule has 0 amide bonds. The largest absolute Gasteiger partial charge is 0.371 e. The van der Waals surface area contributed by atoms with E-state index < -0.39 is 0 Å². The van der Waals surface area contributed by atoms with E-state index in [-0.39, 0.29) is 6.04 Å². The van der Waals surface area contributed by atoms with Crippen LogP contribution in [0.3, 0.4) is 0 Å². The Kier molecular flexibility index (Phi) is 4.56. The molecule has 0 bridgehead atoms. The number of aromatic nitrogens is 1. The number of rotatable bonds is 5. The first kappa shape index (κ1) is 12.0. The zero-order valence-corrected chi connectivity index (χ0v) is 9.90. The van der Waals surface area contributed by atoms with E-state index in [9.17, 15) is 0 Å². The molecule has 0 spiro atoms. The standard InChI is InChI=1S/C12H21N3/c1-4-11(13)12-8-7-10(9-14-12)15(5-2)6-3/h7-9,11H,4-6,13H2,1-3H3/t11-/m0/s1. The molecule has 0 aromatic carbocycles. The Hall–Kier alpha value is -1.09. The lowest BCUT2D eigenvalue weighted by molar-refractivity contribution is 0.675. The second kappa shape index (κ2) is 5.71. The summed E-state index contributed by atoms with van der Waals surface area (Å²) >= 11 is 0. The van der Waals surface area contributed by atoms with Crippen molar-refractivity contribution in [1.82, 2.24) is 4.98 Å². The highest BCUT2D eigenvalue weighted by Gasteiger charge is 2.06. The van der Waals surface area contributed by atoms with Crippen LogP contribution in [-0.4, -0.2) is 18.1 Å². The van der Waals surface area contributed by atoms with Gasteiger partial charge in [0.15, 0.2) is 0 Å². The van der Waals surface area contributed by atoms with Crippen molar-refractivity contribution in [2.75, 3.05) is 18.0 Å². The average molecular weight is 207 g/mol. The summed E-state index contributed by atoms with van der Waals surface area (Å²) in [5, 5.41) is 0. The van der Waals surface area contributed by atoms with Gasteiger partial charge in [-0.15, -0.1) is 0 Å². The van der Waals surface area contributed by atoms with Crippen LogP contribution in [0.25, 0.3) is 0 Å². The molecular weight excluding hydrogens is 186 g/mol. The molecule has 0 aliphatic rings. The van der Waals surface area contributed by atoms with Crippen LogP contribution in [0.2, 0.25) is 0 Å². The normalized spacial score (nSPS) is 12.5. The molecule has 0 fully saturated rings. The van der Waals surface area contributed by atoms with Gasteiger partial charge in [-0.05, 0) is 32.4 Å². The molecule has 1 atom stereocenters. The van der Waals surface area contributed by atoms with Gasteiger partial charge in [0.25, 0.3) is 0 Å². The molecule has 0 aliphatic carbocycles. The molecule has 1 heterocycles. The molecule has 84 valence electrons. The van der Waals surface area contributed by atoms with Gasteiger partial charge in [0.2, 0.25) is 0 Å². The summed E-state index contributed by atoms with van der Waals surface area (Å²) in [4.78, 5) is 6.67. The molecule has 3 nitrogen and oxygen atoms in total. The SMILES string of the molecule is CC[C@H](N)c1ccc(N(CC)CC)cn1. The van der Waals surface area contributed by atoms with E-state index in [1.807, 2.05) is 12.3 Å². The van der Waals surface area contributed by atoms with E-state index in [1.54, 1.807) is 0 Å². The Morgan fingerprint density at radius 1 is 1.27 bits per heavy atom. The fourth-order valence-corrected chi connectivity index (χ4v) is 1.60. The highest BCUT2D eigenvalue weighted by molar-refractivity contribution is 5.44. The molecule has 3 heteroatoms. The minimum Gasteiger partial charge on any atom is -0.371 e. The summed E-state index contributed by atoms with van der Waals surface area (Å²) < 4.78 is 0. The van der Waals surface area contributed by atoms with Crippen LogP contribution >= 0.6 is 0 Å². The van der Waals surface area contributed by atoms with Crippen LogP contribution < -0.4 is 10.6 Å². The lowest BCUT2D eigenvalue weighted by Gasteiger charge is -2.21. The molecule has 0 aliphatic heterocycles. The second-order valence-electron chi connectivity index (χ2n) is 3.63. The number of pyridine rings is 1. The summed E-state index contributed by atoms with van der Waals surface area (Å²) in [6, 6.07) is 4.20. The monoisotopic (exact) mass is 207 g/mol. The summed E-state index contributed by atoms with van der Waals surface area (Å²) in [5.74, 6) is 0. The maximum Gasteiger partial charge on any atom is 0.0572 e. The van der Waals surface area contributed by atoms with Crippen LogP contribution in [0, 0.1) is 0 Å². The van der Waals surface area contributed by atoms with Crippen LogP contribution in [-0.2, 0) is 0 Å². The van der Waals surface area contributed by atoms with Crippen molar-refractivity contribution in [3.8, 4) is 0 Å². The third-order valence-electron chi connectivity index (χ3n) is 2.72. The molecular formula is C12H21N3. The third kappa shape index (κ3) is 2.93. The van der Waals surface area contributed by atoms with Gasteiger partial charge in [0.1, 0.15) is 0 Å². The van der Waals surface area contributed by atoms with Crippen molar-refractivity contribution in [3.05, 3.63) is 24.0 Å². The van der Waals surface area contributed by atoms with Crippen molar-refractivity contribution in [3.63, 3.8) is 0 Å². The van der Waals surface area contributed by atoms with E-state index >= 15 is 0 Å². The van der Waals surface area contributed by atoms with Gasteiger partial charge >= 0.3 is 0 Å². The predicted molar refractivity (Wildman–Crippen MR) is 65.0 cm³/mol. The Bertz CT molecular complexity index is 277. The van der Waals surface area contributed by atoms with Gasteiger partial charge in [0, 0.05) is 19.1 Å². The van der Waals surface area contributed by atoms with E-state index in [1.165, 1.54) is 5.69 Å². The van der Waals surface area contributed by atoms with Crippen LogP contribution in [0.15, 0.2) is 18.3 Å². The quantitative estimate of drug-likeness (QED) is 0.805. The topological polar surface area (TPSA) is 42.1 Å². The van der Waals surface area contributed by atoms with Gasteiger partial charge < -0.3 is 10.6 Å². The van der Waals surface area contributed by atoms with Crippen LogP contribution in [0.1, 0.15) is 38.9 Å². The smallest absolute Gasteiger partial charge is 0.0572 e. The number of anilines is 1. The van der Waals surface area contributed by atoms with Gasteiger partial charge in [-0.2, -0.15) is 0 Å². The predicted octanol–water partition coefficient (Wildman–Crippen LogP) is 2.34. The van der Waals surface area contributed by atoms with Crippen molar-refractivity contribution >= 4 is 5.69 Å². The van der Waals surface area contributed by atoms with E-state index in [0.29, 0.717) is 0 Å². The van der Waals surface area contributed by atoms with Crippen molar-refractivity contribution in [2.24, 2.45) is 5.73 Å². The fraction of sp³-hybridized carbons (Fsp3) is 0.583. The summed E-state index contributed by atoms with van der Waals surface area (Å²) in [6.07, 6.45) is 2.84. The van der Waals surface area contributed by atoms with Crippen molar-refractivity contribution in [1.29, 1.82) is 0 Å². The molecule has 15 heavy (non-hydrogen) atoms. The average Bonchev–Trinajstić information content (AvgIpc) is 2.30. The Balaban J connectivity index is 2.79. The number of hydrogen-bond donors (Lipinski definition) is 1. The molecule has 1 aromatic heterocycles. The number of nitrogens with two attached hydrogens (primary N) is 1. The molecule has 0 saturated heterocycles. The summed E-state index contributed by atoms with van der Waals surface area (Å²) in [6.45, 7) is 8.39. The van der Waals surface area contributed by atoms with Crippen molar-refractivity contribution in [2.45, 2.75) is 33.2 Å². The number of nitrogens with zero attached hydrogens (tertiary/aromatic N) is 2. The van der Waals surface area contributed by atoms with Crippen molar-refractivity contribution < 1.29 is 0 Å². The van der Waals surface area contributed by atoms with Gasteiger partial charge in [0.05, 0.1) is 17.6 Å². The molecule has 0 unspecified atom stereocenters. The zero-order valence-electron chi connectivity index (χ0n) is 9.90. The lowest BCUT2D eigenvalue weighted by atomic mass is 10.1. The molecule has 2 N–H and O–H groups in total. The minimum atomic E-state index is 0.0655. The van der Waals surface area contributed by atoms with Crippen LogP contribution in [0.5, 0.6) is 0 Å². The highest BCUT2D eigenvalue weighted by Crippen LogP contribution is 2.16. The Morgan fingerprint density at radius 3 is 2.33 bits per heavy atom. The minimum absolute atomic E-state index is 0.0655.